The van der Waals surface area contributed by atoms with Gasteiger partial charge in [-0.05, 0) is 28.1 Å². The van der Waals surface area contributed by atoms with Crippen LogP contribution in [0.1, 0.15) is 10.4 Å². The Labute approximate surface area is 114 Å². The fourth-order valence-corrected chi connectivity index (χ4v) is 1.66. The van der Waals surface area contributed by atoms with Crippen LogP contribution < -0.4 is 0 Å². The van der Waals surface area contributed by atoms with Crippen molar-refractivity contribution >= 4 is 27.8 Å². The van der Waals surface area contributed by atoms with Crippen molar-refractivity contribution in [2.75, 3.05) is 13.1 Å². The van der Waals surface area contributed by atoms with E-state index in [1.54, 1.807) is 0 Å². The summed E-state index contributed by atoms with van der Waals surface area (Å²) in [5.41, 5.74) is -0.0765. The highest BCUT2D eigenvalue weighted by molar-refractivity contribution is 9.10. The van der Waals surface area contributed by atoms with Crippen LogP contribution in [-0.4, -0.2) is 46.1 Å². The van der Waals surface area contributed by atoms with Gasteiger partial charge < -0.3 is 10.0 Å². The van der Waals surface area contributed by atoms with Gasteiger partial charge in [-0.2, -0.15) is 13.2 Å². The first-order valence-electron chi connectivity index (χ1n) is 4.88. The maximum absolute atomic E-state index is 12.3. The van der Waals surface area contributed by atoms with Crippen LogP contribution in [-0.2, 0) is 4.79 Å². The number of carbonyl (C=O) groups excluding carboxylic acids is 1. The lowest BCUT2D eigenvalue weighted by Gasteiger charge is -2.22. The monoisotopic (exact) mass is 340 g/mol. The second-order valence-corrected chi connectivity index (χ2v) is 4.35. The first-order chi connectivity index (χ1) is 8.69. The summed E-state index contributed by atoms with van der Waals surface area (Å²) in [5, 5.41) is 8.55. The molecule has 5 nitrogen and oxygen atoms in total. The molecule has 1 aromatic rings. The molecule has 0 fully saturated rings. The lowest BCUT2D eigenvalue weighted by Crippen LogP contribution is -2.42. The number of carbonyl (C=O) groups is 2. The minimum Gasteiger partial charge on any atom is -0.480 e. The highest BCUT2D eigenvalue weighted by atomic mass is 79.9. The molecule has 0 aliphatic heterocycles. The van der Waals surface area contributed by atoms with Crippen LogP contribution in [0.4, 0.5) is 13.2 Å². The quantitative estimate of drug-likeness (QED) is 0.850. The predicted molar refractivity (Wildman–Crippen MR) is 61.5 cm³/mol. The Bertz CT molecular complexity index is 493. The van der Waals surface area contributed by atoms with Gasteiger partial charge in [0.2, 0.25) is 0 Å². The normalized spacial score (nSPS) is 11.2. The molecule has 0 bridgehead atoms. The zero-order valence-electron chi connectivity index (χ0n) is 9.32. The van der Waals surface area contributed by atoms with Crippen molar-refractivity contribution < 1.29 is 27.9 Å². The molecule has 104 valence electrons. The minimum atomic E-state index is -4.67. The maximum Gasteiger partial charge on any atom is 0.406 e. The molecule has 19 heavy (non-hydrogen) atoms. The van der Waals surface area contributed by atoms with Gasteiger partial charge in [-0.15, -0.1) is 0 Å². The summed E-state index contributed by atoms with van der Waals surface area (Å²) in [6.45, 7) is -2.66. The van der Waals surface area contributed by atoms with Crippen LogP contribution in [0.25, 0.3) is 0 Å². The van der Waals surface area contributed by atoms with Gasteiger partial charge in [-0.1, -0.05) is 0 Å². The average molecular weight is 341 g/mol. The summed E-state index contributed by atoms with van der Waals surface area (Å²) in [7, 11) is 0. The number of aliphatic carboxylic acids is 1. The molecule has 0 unspecified atom stereocenters. The van der Waals surface area contributed by atoms with Crippen LogP contribution >= 0.6 is 15.9 Å². The van der Waals surface area contributed by atoms with Gasteiger partial charge in [0.1, 0.15) is 17.7 Å². The van der Waals surface area contributed by atoms with Gasteiger partial charge in [0.05, 0.1) is 0 Å². The number of carboxylic acids is 1. The van der Waals surface area contributed by atoms with E-state index in [0.29, 0.717) is 0 Å². The molecule has 1 aromatic heterocycles. The Morgan fingerprint density at radius 3 is 2.53 bits per heavy atom. The molecule has 0 atom stereocenters. The Hall–Kier alpha value is -1.64. The molecule has 0 aromatic carbocycles. The van der Waals surface area contributed by atoms with Crippen molar-refractivity contribution in [3.05, 3.63) is 28.5 Å². The van der Waals surface area contributed by atoms with Crippen molar-refractivity contribution in [3.63, 3.8) is 0 Å². The Balaban J connectivity index is 2.97. The topological polar surface area (TPSA) is 70.5 Å². The van der Waals surface area contributed by atoms with Crippen LogP contribution in [0, 0.1) is 0 Å². The van der Waals surface area contributed by atoms with Crippen molar-refractivity contribution in [1.29, 1.82) is 0 Å². The highest BCUT2D eigenvalue weighted by Crippen LogP contribution is 2.18. The molecule has 0 saturated heterocycles. The number of nitrogens with zero attached hydrogens (tertiary/aromatic N) is 2. The number of alkyl halides is 3. The van der Waals surface area contributed by atoms with Crippen LogP contribution in [0.2, 0.25) is 0 Å². The Kier molecular flexibility index (Phi) is 4.87. The molecule has 0 radical (unpaired) electrons. The molecule has 0 spiro atoms. The second-order valence-electron chi connectivity index (χ2n) is 3.54. The summed E-state index contributed by atoms with van der Waals surface area (Å²) >= 11 is 2.97. The summed E-state index contributed by atoms with van der Waals surface area (Å²) in [5.74, 6) is -2.55. The van der Waals surface area contributed by atoms with Gasteiger partial charge in [0.15, 0.2) is 0 Å². The van der Waals surface area contributed by atoms with Crippen LogP contribution in [0.15, 0.2) is 22.9 Å². The molecule has 1 N–H and O–H groups in total. The van der Waals surface area contributed by atoms with Crippen LogP contribution in [0.5, 0.6) is 0 Å². The Morgan fingerprint density at radius 2 is 2.05 bits per heavy atom. The summed E-state index contributed by atoms with van der Waals surface area (Å²) < 4.78 is 37.2. The lowest BCUT2D eigenvalue weighted by atomic mass is 10.2. The van der Waals surface area contributed by atoms with E-state index in [9.17, 15) is 22.8 Å². The van der Waals surface area contributed by atoms with Gasteiger partial charge in [0, 0.05) is 11.8 Å². The molecule has 0 aliphatic rings. The third kappa shape index (κ3) is 5.25. The number of pyridine rings is 1. The zero-order chi connectivity index (χ0) is 14.6. The second kappa shape index (κ2) is 6.00. The summed E-state index contributed by atoms with van der Waals surface area (Å²) in [4.78, 5) is 26.3. The summed E-state index contributed by atoms with van der Waals surface area (Å²) in [6, 6.07) is 2.42. The minimum absolute atomic E-state index is 0.0765. The number of hydrogen-bond donors (Lipinski definition) is 1. The molecule has 0 saturated carbocycles. The van der Waals surface area contributed by atoms with Crippen LogP contribution in [0.3, 0.4) is 0 Å². The first-order valence-corrected chi connectivity index (χ1v) is 5.68. The molecule has 1 heterocycles. The largest absolute Gasteiger partial charge is 0.480 e. The highest BCUT2D eigenvalue weighted by Gasteiger charge is 2.34. The van der Waals surface area contributed by atoms with E-state index in [1.807, 2.05) is 0 Å². The fraction of sp³-hybridized carbons (Fsp3) is 0.300. The number of hydrogen-bond acceptors (Lipinski definition) is 3. The van der Waals surface area contributed by atoms with E-state index in [1.165, 1.54) is 18.3 Å². The third-order valence-electron chi connectivity index (χ3n) is 1.96. The third-order valence-corrected chi connectivity index (χ3v) is 2.39. The first kappa shape index (κ1) is 15.4. The molecule has 9 heteroatoms. The molecule has 1 amide bonds. The number of rotatable bonds is 4. The maximum atomic E-state index is 12.3. The van der Waals surface area contributed by atoms with Crippen molar-refractivity contribution in [2.24, 2.45) is 0 Å². The zero-order valence-corrected chi connectivity index (χ0v) is 10.9. The van der Waals surface area contributed by atoms with Crippen molar-refractivity contribution in [2.45, 2.75) is 6.18 Å². The van der Waals surface area contributed by atoms with Gasteiger partial charge in [-0.25, -0.2) is 4.98 Å². The van der Waals surface area contributed by atoms with E-state index in [-0.39, 0.29) is 15.1 Å². The molecular weight excluding hydrogens is 333 g/mol. The van der Waals surface area contributed by atoms with Crippen molar-refractivity contribution in [3.8, 4) is 0 Å². The predicted octanol–water partition coefficient (Wildman–Crippen LogP) is 1.93. The number of aromatic nitrogens is 1. The molecule has 0 aliphatic carbocycles. The van der Waals surface area contributed by atoms with E-state index >= 15 is 0 Å². The van der Waals surface area contributed by atoms with Gasteiger partial charge >= 0.3 is 12.1 Å². The summed E-state index contributed by atoms with van der Waals surface area (Å²) in [6.07, 6.45) is -3.45. The SMILES string of the molecule is O=C(O)CN(CC(F)(F)F)C(=O)c1ccnc(Br)c1. The fourth-order valence-electron chi connectivity index (χ4n) is 1.30. The average Bonchev–Trinajstić information content (AvgIpc) is 2.24. The van der Waals surface area contributed by atoms with E-state index in [0.717, 1.165) is 0 Å². The van der Waals surface area contributed by atoms with E-state index in [2.05, 4.69) is 20.9 Å². The smallest absolute Gasteiger partial charge is 0.406 e. The number of halogens is 4. The number of carboxylic acid groups (broad SMARTS) is 1. The van der Waals surface area contributed by atoms with Crippen molar-refractivity contribution in [1.82, 2.24) is 9.88 Å². The molecular formula is C10H8BrF3N2O3. The van der Waals surface area contributed by atoms with E-state index in [4.69, 9.17) is 5.11 Å². The van der Waals surface area contributed by atoms with E-state index < -0.39 is 31.1 Å². The number of amides is 1. The Morgan fingerprint density at radius 1 is 1.42 bits per heavy atom. The molecule has 1 rings (SSSR count). The van der Waals surface area contributed by atoms with Gasteiger partial charge in [0.25, 0.3) is 5.91 Å². The van der Waals surface area contributed by atoms with Gasteiger partial charge in [-0.3, -0.25) is 9.59 Å². The lowest BCUT2D eigenvalue weighted by molar-refractivity contribution is -0.149. The standard InChI is InChI=1S/C10H8BrF3N2O3/c11-7-3-6(1-2-15-7)9(19)16(4-8(17)18)5-10(12,13)14/h1-3H,4-5H2,(H,17,18).